The van der Waals surface area contributed by atoms with Crippen molar-refractivity contribution >= 4 is 26.8 Å². The number of aliphatic hydroxyl groups is 1. The summed E-state index contributed by atoms with van der Waals surface area (Å²) in [5, 5.41) is 9.40. The Bertz CT molecular complexity index is 1270. The second-order valence-corrected chi connectivity index (χ2v) is 9.56. The molecular weight excluding hydrogens is 412 g/mol. The molecule has 2 aliphatic carbocycles. The van der Waals surface area contributed by atoms with Crippen LogP contribution in [0, 0.1) is 5.92 Å². The smallest absolute Gasteiger partial charge is 0.350 e. The number of hydrogen-bond acceptors (Lipinski definition) is 6. The summed E-state index contributed by atoms with van der Waals surface area (Å²) < 4.78 is 30.0. The molecule has 0 radical (unpaired) electrons. The number of nitrogens with zero attached hydrogens (tertiary/aromatic N) is 2. The molecule has 2 aromatic rings. The molecule has 2 saturated carbocycles. The first-order valence-electron chi connectivity index (χ1n) is 9.57. The Morgan fingerprint density at radius 2 is 2.00 bits per heavy atom. The minimum atomic E-state index is -4.00. The fraction of sp³-hybridized carbons (Fsp3) is 0.421. The Kier molecular flexibility index (Phi) is 4.91. The number of benzene rings is 1. The Labute approximate surface area is 171 Å². The predicted octanol–water partition coefficient (Wildman–Crippen LogP) is -0.367. The molecule has 10 nitrogen and oxygen atoms in total. The van der Waals surface area contributed by atoms with Crippen LogP contribution in [0.15, 0.2) is 45.3 Å². The van der Waals surface area contributed by atoms with Crippen LogP contribution in [0.25, 0.3) is 10.9 Å². The molecule has 4 rings (SSSR count). The van der Waals surface area contributed by atoms with Crippen LogP contribution in [-0.2, 0) is 21.4 Å². The second kappa shape index (κ2) is 7.18. The van der Waals surface area contributed by atoms with Crippen molar-refractivity contribution in [1.29, 1.82) is 0 Å². The van der Waals surface area contributed by atoms with Gasteiger partial charge in [0.25, 0.3) is 11.5 Å². The summed E-state index contributed by atoms with van der Waals surface area (Å²) in [5.74, 6) is -0.452. The fourth-order valence-corrected chi connectivity index (χ4v) is 4.77. The number of amides is 1. The minimum absolute atomic E-state index is 0.0173. The number of hydrogen-bond donors (Lipinski definition) is 3. The molecule has 160 valence electrons. The van der Waals surface area contributed by atoms with Gasteiger partial charge in [-0.3, -0.25) is 19.6 Å². The lowest BCUT2D eigenvalue weighted by molar-refractivity contribution is -0.112. The van der Waals surface area contributed by atoms with E-state index in [-0.39, 0.29) is 22.8 Å². The van der Waals surface area contributed by atoms with Crippen molar-refractivity contribution in [3.05, 3.63) is 51.7 Å². The van der Waals surface area contributed by atoms with Crippen LogP contribution in [0.2, 0.25) is 0 Å². The van der Waals surface area contributed by atoms with E-state index >= 15 is 0 Å². The number of carbonyl (C=O) groups is 1. The quantitative estimate of drug-likeness (QED) is 0.485. The summed E-state index contributed by atoms with van der Waals surface area (Å²) in [6, 6.07) is 3.94. The second-order valence-electron chi connectivity index (χ2n) is 7.88. The van der Waals surface area contributed by atoms with E-state index in [0.29, 0.717) is 29.6 Å². The first kappa shape index (κ1) is 20.5. The minimum Gasteiger partial charge on any atom is -0.394 e. The fourth-order valence-electron chi connectivity index (χ4n) is 3.30. The van der Waals surface area contributed by atoms with Crippen molar-refractivity contribution in [2.24, 2.45) is 5.92 Å². The van der Waals surface area contributed by atoms with Gasteiger partial charge in [-0.15, -0.1) is 0 Å². The van der Waals surface area contributed by atoms with Gasteiger partial charge in [0.1, 0.15) is 0 Å². The highest BCUT2D eigenvalue weighted by atomic mass is 32.2. The van der Waals surface area contributed by atoms with E-state index in [2.05, 4.69) is 16.7 Å². The molecule has 1 aromatic heterocycles. The number of carbonyl (C=O) groups excluding carboxylic acids is 1. The summed E-state index contributed by atoms with van der Waals surface area (Å²) in [6.45, 7) is 3.35. The van der Waals surface area contributed by atoms with Crippen molar-refractivity contribution in [3.63, 3.8) is 0 Å². The molecule has 0 spiro atoms. The third kappa shape index (κ3) is 3.71. The number of nitrogens with one attached hydrogen (secondary N) is 2. The highest BCUT2D eigenvalue weighted by Gasteiger charge is 2.45. The zero-order valence-electron chi connectivity index (χ0n) is 16.1. The molecule has 0 aliphatic heterocycles. The van der Waals surface area contributed by atoms with E-state index in [1.54, 1.807) is 0 Å². The van der Waals surface area contributed by atoms with Gasteiger partial charge in [-0.1, -0.05) is 6.58 Å². The Hall–Kier alpha value is -2.76. The number of aliphatic hydroxyl groups excluding tert-OH is 1. The lowest BCUT2D eigenvalue weighted by Crippen LogP contribution is -2.46. The summed E-state index contributed by atoms with van der Waals surface area (Å²) in [6.07, 6.45) is 3.88. The lowest BCUT2D eigenvalue weighted by atomic mass is 10.2. The molecule has 0 saturated heterocycles. The number of sulfonamides is 1. The standard InChI is InChI=1S/C19H22N4O6S/c1-2-16(25)20-23-17(26)14-9-13(30(28,29)21-19(11-24)7-8-19)5-6-15(14)22(18(23)27)10-12-3-4-12/h2,5-6,9,12,21,24H,1,3-4,7-8,10-11H2,(H,20,25). The summed E-state index contributed by atoms with van der Waals surface area (Å²) in [5.41, 5.74) is 0.0725. The lowest BCUT2D eigenvalue weighted by Gasteiger charge is -2.17. The zero-order chi connectivity index (χ0) is 21.7. The average Bonchev–Trinajstić information content (AvgIpc) is 3.65. The molecule has 2 aliphatic rings. The van der Waals surface area contributed by atoms with Crippen molar-refractivity contribution < 1.29 is 18.3 Å². The predicted molar refractivity (Wildman–Crippen MR) is 109 cm³/mol. The van der Waals surface area contributed by atoms with Crippen LogP contribution in [0.5, 0.6) is 0 Å². The average molecular weight is 434 g/mol. The van der Waals surface area contributed by atoms with Crippen LogP contribution in [0.4, 0.5) is 0 Å². The summed E-state index contributed by atoms with van der Waals surface area (Å²) in [7, 11) is -4.00. The van der Waals surface area contributed by atoms with Gasteiger partial charge < -0.3 is 5.11 Å². The molecule has 1 heterocycles. The summed E-state index contributed by atoms with van der Waals surface area (Å²) >= 11 is 0. The third-order valence-electron chi connectivity index (χ3n) is 5.48. The first-order valence-corrected chi connectivity index (χ1v) is 11.1. The number of fused-ring (bicyclic) bond motifs is 1. The molecule has 1 amide bonds. The Morgan fingerprint density at radius 3 is 2.57 bits per heavy atom. The SMILES string of the molecule is C=CC(=O)Nn1c(=O)c2cc(S(=O)(=O)NC3(CO)CC3)ccc2n(CC2CC2)c1=O. The number of aromatic nitrogens is 2. The maximum Gasteiger partial charge on any atom is 0.350 e. The van der Waals surface area contributed by atoms with E-state index < -0.39 is 32.7 Å². The number of rotatable bonds is 8. The van der Waals surface area contributed by atoms with Crippen LogP contribution in [-0.4, -0.2) is 40.8 Å². The molecule has 0 bridgehead atoms. The molecule has 11 heteroatoms. The van der Waals surface area contributed by atoms with Crippen LogP contribution in [0.1, 0.15) is 25.7 Å². The first-order chi connectivity index (χ1) is 14.2. The van der Waals surface area contributed by atoms with Gasteiger partial charge in [0, 0.05) is 6.54 Å². The van der Waals surface area contributed by atoms with Crippen LogP contribution < -0.4 is 21.4 Å². The zero-order valence-corrected chi connectivity index (χ0v) is 16.9. The van der Waals surface area contributed by atoms with E-state index in [1.807, 2.05) is 0 Å². The van der Waals surface area contributed by atoms with Gasteiger partial charge in [0.05, 0.1) is 27.9 Å². The van der Waals surface area contributed by atoms with Gasteiger partial charge in [-0.05, 0) is 55.9 Å². The maximum atomic E-state index is 12.9. The van der Waals surface area contributed by atoms with E-state index in [0.717, 1.165) is 18.9 Å². The van der Waals surface area contributed by atoms with Crippen molar-refractivity contribution in [2.45, 2.75) is 42.7 Å². The van der Waals surface area contributed by atoms with Gasteiger partial charge in [-0.25, -0.2) is 17.9 Å². The molecule has 3 N–H and O–H groups in total. The summed E-state index contributed by atoms with van der Waals surface area (Å²) in [4.78, 5) is 37.3. The van der Waals surface area contributed by atoms with Crippen LogP contribution in [0.3, 0.4) is 0 Å². The van der Waals surface area contributed by atoms with Gasteiger partial charge in [0.15, 0.2) is 0 Å². The largest absolute Gasteiger partial charge is 0.394 e. The van der Waals surface area contributed by atoms with E-state index in [4.69, 9.17) is 0 Å². The van der Waals surface area contributed by atoms with Gasteiger partial charge in [0.2, 0.25) is 10.0 Å². The van der Waals surface area contributed by atoms with Gasteiger partial charge in [-0.2, -0.15) is 4.68 Å². The highest BCUT2D eigenvalue weighted by molar-refractivity contribution is 7.89. The molecule has 0 unspecified atom stereocenters. The van der Waals surface area contributed by atoms with Crippen molar-refractivity contribution in [2.75, 3.05) is 12.0 Å². The highest BCUT2D eigenvalue weighted by Crippen LogP contribution is 2.36. The topological polar surface area (TPSA) is 140 Å². The molecular formula is C19H22N4O6S. The molecule has 30 heavy (non-hydrogen) atoms. The van der Waals surface area contributed by atoms with Gasteiger partial charge >= 0.3 is 5.69 Å². The van der Waals surface area contributed by atoms with Crippen molar-refractivity contribution in [3.8, 4) is 0 Å². The maximum absolute atomic E-state index is 12.9. The third-order valence-corrected chi connectivity index (χ3v) is 7.05. The Morgan fingerprint density at radius 1 is 1.30 bits per heavy atom. The van der Waals surface area contributed by atoms with E-state index in [9.17, 15) is 27.9 Å². The van der Waals surface area contributed by atoms with Crippen LogP contribution >= 0.6 is 0 Å². The van der Waals surface area contributed by atoms with Crippen molar-refractivity contribution in [1.82, 2.24) is 14.0 Å². The van der Waals surface area contributed by atoms with E-state index in [1.165, 1.54) is 22.8 Å². The molecule has 2 fully saturated rings. The monoisotopic (exact) mass is 434 g/mol. The molecule has 0 atom stereocenters. The molecule has 1 aromatic carbocycles. The normalized spacial score (nSPS) is 17.6. The Balaban J connectivity index is 1.87.